The van der Waals surface area contributed by atoms with Crippen LogP contribution in [-0.2, 0) is 6.42 Å². The van der Waals surface area contributed by atoms with E-state index in [1.165, 1.54) is 0 Å². The summed E-state index contributed by atoms with van der Waals surface area (Å²) in [5, 5.41) is 12.6. The van der Waals surface area contributed by atoms with Gasteiger partial charge in [-0.2, -0.15) is 18.2 Å². The molecular formula is C10H15F3N4O2. The van der Waals surface area contributed by atoms with Crippen molar-refractivity contribution in [3.8, 4) is 0 Å². The van der Waals surface area contributed by atoms with E-state index in [0.29, 0.717) is 13.1 Å². The second-order valence-electron chi connectivity index (χ2n) is 4.54. The average Bonchev–Trinajstić information content (AvgIpc) is 2.77. The van der Waals surface area contributed by atoms with Crippen LogP contribution in [-0.4, -0.2) is 65.7 Å². The molecule has 0 amide bonds. The topological polar surface area (TPSA) is 65.6 Å². The highest BCUT2D eigenvalue weighted by atomic mass is 19.4. The van der Waals surface area contributed by atoms with E-state index in [0.717, 1.165) is 13.1 Å². The molecule has 1 aromatic rings. The van der Waals surface area contributed by atoms with E-state index >= 15 is 0 Å². The van der Waals surface area contributed by atoms with Crippen molar-refractivity contribution in [3.63, 3.8) is 0 Å². The van der Waals surface area contributed by atoms with Gasteiger partial charge in [-0.05, 0) is 12.2 Å². The molecule has 0 bridgehead atoms. The largest absolute Gasteiger partial charge is 0.414 e. The van der Waals surface area contributed by atoms with Gasteiger partial charge in [-0.25, -0.2) is 0 Å². The normalized spacial score (nSPS) is 19.7. The van der Waals surface area contributed by atoms with Crippen molar-refractivity contribution in [2.75, 3.05) is 38.1 Å². The summed E-state index contributed by atoms with van der Waals surface area (Å²) >= 11 is 0. The molecule has 9 heteroatoms. The van der Waals surface area contributed by atoms with Crippen molar-refractivity contribution < 1.29 is 22.8 Å². The molecule has 1 aliphatic rings. The van der Waals surface area contributed by atoms with E-state index < -0.39 is 18.7 Å². The second-order valence-corrected chi connectivity index (χ2v) is 4.54. The van der Waals surface area contributed by atoms with E-state index in [1.807, 2.05) is 11.9 Å². The van der Waals surface area contributed by atoms with Gasteiger partial charge in [0.05, 0.1) is 6.42 Å². The first-order chi connectivity index (χ1) is 8.86. The Morgan fingerprint density at radius 2 is 1.95 bits per heavy atom. The highest BCUT2D eigenvalue weighted by molar-refractivity contribution is 5.28. The van der Waals surface area contributed by atoms with E-state index in [-0.39, 0.29) is 11.8 Å². The summed E-state index contributed by atoms with van der Waals surface area (Å²) in [5.41, 5.74) is 0. The fourth-order valence-corrected chi connectivity index (χ4v) is 1.74. The summed E-state index contributed by atoms with van der Waals surface area (Å²) in [6, 6.07) is 0. The number of rotatable bonds is 3. The molecule has 108 valence electrons. The molecule has 2 heterocycles. The molecule has 1 unspecified atom stereocenters. The summed E-state index contributed by atoms with van der Waals surface area (Å²) in [7, 11) is 1.98. The van der Waals surface area contributed by atoms with Crippen molar-refractivity contribution in [1.82, 2.24) is 15.0 Å². The number of aromatic nitrogens is 2. The molecule has 1 atom stereocenters. The number of anilines is 1. The van der Waals surface area contributed by atoms with Crippen LogP contribution in [0.4, 0.5) is 19.1 Å². The molecule has 1 N–H and O–H groups in total. The lowest BCUT2D eigenvalue weighted by Gasteiger charge is -2.31. The number of piperazine rings is 1. The summed E-state index contributed by atoms with van der Waals surface area (Å²) < 4.78 is 41.3. The Labute approximate surface area is 107 Å². The maximum atomic E-state index is 12.2. The average molecular weight is 280 g/mol. The van der Waals surface area contributed by atoms with Gasteiger partial charge in [0.1, 0.15) is 0 Å². The van der Waals surface area contributed by atoms with Crippen molar-refractivity contribution in [1.29, 1.82) is 0 Å². The second kappa shape index (κ2) is 5.33. The number of likely N-dealkylation sites (N-methyl/N-ethyl adjacent to an activating group) is 1. The fourth-order valence-electron chi connectivity index (χ4n) is 1.74. The minimum absolute atomic E-state index is 0.209. The van der Waals surface area contributed by atoms with Crippen LogP contribution < -0.4 is 4.90 Å². The SMILES string of the molecule is CN1CCN(c2noc(CC(O)C(F)(F)F)n2)CC1. The summed E-state index contributed by atoms with van der Waals surface area (Å²) in [5.74, 6) is 0.0660. The number of aliphatic hydroxyl groups is 1. The lowest BCUT2D eigenvalue weighted by atomic mass is 10.2. The van der Waals surface area contributed by atoms with E-state index in [9.17, 15) is 13.2 Å². The molecule has 0 aliphatic carbocycles. The summed E-state index contributed by atoms with van der Waals surface area (Å²) in [6.45, 7) is 3.04. The van der Waals surface area contributed by atoms with Gasteiger partial charge in [-0.15, -0.1) is 0 Å². The number of halogens is 3. The molecule has 1 saturated heterocycles. The van der Waals surface area contributed by atoms with Gasteiger partial charge in [-0.1, -0.05) is 0 Å². The molecule has 0 saturated carbocycles. The Balaban J connectivity index is 1.95. The molecule has 1 aromatic heterocycles. The van der Waals surface area contributed by atoms with Gasteiger partial charge in [-0.3, -0.25) is 0 Å². The molecule has 1 fully saturated rings. The number of hydrogen-bond donors (Lipinski definition) is 1. The van der Waals surface area contributed by atoms with Gasteiger partial charge in [0.15, 0.2) is 6.10 Å². The van der Waals surface area contributed by atoms with Crippen LogP contribution in [0.5, 0.6) is 0 Å². The van der Waals surface area contributed by atoms with Crippen LogP contribution in [0, 0.1) is 0 Å². The van der Waals surface area contributed by atoms with Crippen LogP contribution in [0.2, 0.25) is 0 Å². The minimum atomic E-state index is -4.68. The van der Waals surface area contributed by atoms with E-state index in [4.69, 9.17) is 9.63 Å². The maximum Gasteiger partial charge on any atom is 0.414 e. The van der Waals surface area contributed by atoms with E-state index in [1.54, 1.807) is 0 Å². The number of nitrogens with zero attached hydrogens (tertiary/aromatic N) is 4. The molecule has 2 rings (SSSR count). The van der Waals surface area contributed by atoms with Gasteiger partial charge in [0.25, 0.3) is 5.95 Å². The Morgan fingerprint density at radius 3 is 2.53 bits per heavy atom. The lowest BCUT2D eigenvalue weighted by molar-refractivity contribution is -0.204. The molecule has 6 nitrogen and oxygen atoms in total. The molecule has 19 heavy (non-hydrogen) atoms. The minimum Gasteiger partial charge on any atom is -0.383 e. The van der Waals surface area contributed by atoms with Crippen LogP contribution in [0.1, 0.15) is 5.89 Å². The van der Waals surface area contributed by atoms with E-state index in [2.05, 4.69) is 15.0 Å². The van der Waals surface area contributed by atoms with Gasteiger partial charge < -0.3 is 19.4 Å². The fraction of sp³-hybridized carbons (Fsp3) is 0.800. The third kappa shape index (κ3) is 3.57. The quantitative estimate of drug-likeness (QED) is 0.858. The van der Waals surface area contributed by atoms with Crippen molar-refractivity contribution in [2.24, 2.45) is 0 Å². The number of aliphatic hydroxyl groups excluding tert-OH is 1. The smallest absolute Gasteiger partial charge is 0.383 e. The third-order valence-corrected chi connectivity index (χ3v) is 2.99. The number of hydrogen-bond acceptors (Lipinski definition) is 6. The van der Waals surface area contributed by atoms with Gasteiger partial charge in [0, 0.05) is 26.2 Å². The van der Waals surface area contributed by atoms with Gasteiger partial charge in [0.2, 0.25) is 5.89 Å². The zero-order valence-corrected chi connectivity index (χ0v) is 10.4. The zero-order valence-electron chi connectivity index (χ0n) is 10.4. The summed E-state index contributed by atoms with van der Waals surface area (Å²) in [6.07, 6.45) is -7.87. The first-order valence-electron chi connectivity index (χ1n) is 5.87. The predicted molar refractivity (Wildman–Crippen MR) is 59.8 cm³/mol. The Morgan fingerprint density at radius 1 is 1.32 bits per heavy atom. The summed E-state index contributed by atoms with van der Waals surface area (Å²) in [4.78, 5) is 7.85. The molecule has 0 radical (unpaired) electrons. The highest BCUT2D eigenvalue weighted by Crippen LogP contribution is 2.23. The molecule has 0 aromatic carbocycles. The van der Waals surface area contributed by atoms with Crippen LogP contribution in [0.25, 0.3) is 0 Å². The van der Waals surface area contributed by atoms with Gasteiger partial charge >= 0.3 is 6.18 Å². The Hall–Kier alpha value is -1.35. The number of alkyl halides is 3. The standard InChI is InChI=1S/C10H15F3N4O2/c1-16-2-4-17(5-3-16)9-14-8(19-15-9)6-7(18)10(11,12)13/h7,18H,2-6H2,1H3. The first-order valence-corrected chi connectivity index (χ1v) is 5.87. The van der Waals surface area contributed by atoms with Crippen molar-refractivity contribution in [3.05, 3.63) is 5.89 Å². The Kier molecular flexibility index (Phi) is 3.95. The molecule has 0 spiro atoms. The highest BCUT2D eigenvalue weighted by Gasteiger charge is 2.39. The first kappa shape index (κ1) is 14.1. The van der Waals surface area contributed by atoms with Crippen LogP contribution >= 0.6 is 0 Å². The van der Waals surface area contributed by atoms with Crippen molar-refractivity contribution in [2.45, 2.75) is 18.7 Å². The zero-order chi connectivity index (χ0) is 14.0. The molecular weight excluding hydrogens is 265 g/mol. The van der Waals surface area contributed by atoms with Crippen LogP contribution in [0.15, 0.2) is 4.52 Å². The monoisotopic (exact) mass is 280 g/mol. The maximum absolute atomic E-state index is 12.2. The van der Waals surface area contributed by atoms with Crippen LogP contribution in [0.3, 0.4) is 0 Å². The lowest BCUT2D eigenvalue weighted by Crippen LogP contribution is -2.44. The van der Waals surface area contributed by atoms with Crippen molar-refractivity contribution >= 4 is 5.95 Å². The third-order valence-electron chi connectivity index (χ3n) is 2.99. The molecule has 1 aliphatic heterocycles. The predicted octanol–water partition coefficient (Wildman–Crippen LogP) is 0.287. The Bertz CT molecular complexity index is 415.